The predicted octanol–water partition coefficient (Wildman–Crippen LogP) is 6.35. The Morgan fingerprint density at radius 1 is 0.923 bits per heavy atom. The number of unbranched alkanes of at least 4 members (excludes halogenated alkanes) is 2. The van der Waals surface area contributed by atoms with Crippen LogP contribution in [0.1, 0.15) is 36.9 Å². The number of hydrogen-bond donors (Lipinski definition) is 5. The van der Waals surface area contributed by atoms with E-state index in [9.17, 15) is 22.8 Å². The second kappa shape index (κ2) is 14.3. The maximum atomic E-state index is 13.0. The van der Waals surface area contributed by atoms with Crippen molar-refractivity contribution in [2.45, 2.75) is 38.4 Å². The molecule has 0 saturated heterocycles. The second-order valence-corrected chi connectivity index (χ2v) is 8.81. The zero-order chi connectivity index (χ0) is 28.3. The molecular weight excluding hydrogens is 539 g/mol. The number of aromatic nitrogens is 1. The zero-order valence-corrected chi connectivity index (χ0v) is 21.4. The highest BCUT2D eigenvalue weighted by atomic mass is 35.5. The molecule has 9 nitrogen and oxygen atoms in total. The van der Waals surface area contributed by atoms with Crippen LogP contribution >= 0.6 is 11.6 Å². The van der Waals surface area contributed by atoms with Crippen LogP contribution in [0.15, 0.2) is 60.8 Å². The highest BCUT2D eigenvalue weighted by Gasteiger charge is 2.33. The van der Waals surface area contributed by atoms with Gasteiger partial charge in [0.2, 0.25) is 5.91 Å². The van der Waals surface area contributed by atoms with Crippen LogP contribution in [0.3, 0.4) is 0 Å². The first kappa shape index (κ1) is 29.7. The molecule has 3 amide bonds. The van der Waals surface area contributed by atoms with Gasteiger partial charge in [-0.2, -0.15) is 13.2 Å². The molecule has 0 unspecified atom stereocenters. The summed E-state index contributed by atoms with van der Waals surface area (Å²) in [5.74, 6) is 0.685. The Morgan fingerprint density at radius 3 is 2.36 bits per heavy atom. The molecule has 0 spiro atoms. The molecule has 0 radical (unpaired) electrons. The fourth-order valence-corrected chi connectivity index (χ4v) is 3.68. The van der Waals surface area contributed by atoms with Gasteiger partial charge in [-0.15, -0.1) is 0 Å². The van der Waals surface area contributed by atoms with Gasteiger partial charge in [-0.1, -0.05) is 18.0 Å². The van der Waals surface area contributed by atoms with E-state index in [1.807, 2.05) is 0 Å². The zero-order valence-electron chi connectivity index (χ0n) is 20.6. The number of hydroxylamine groups is 1. The molecule has 1 heterocycles. The van der Waals surface area contributed by atoms with Crippen LogP contribution in [0.25, 0.3) is 0 Å². The number of anilines is 2. The quantitative estimate of drug-likeness (QED) is 0.0990. The van der Waals surface area contributed by atoms with Gasteiger partial charge in [0.1, 0.15) is 11.5 Å². The predicted molar refractivity (Wildman–Crippen MR) is 140 cm³/mol. The number of alkyl halides is 3. The molecule has 208 valence electrons. The van der Waals surface area contributed by atoms with Gasteiger partial charge in [0.15, 0.2) is 0 Å². The van der Waals surface area contributed by atoms with Crippen LogP contribution < -0.4 is 26.2 Å². The van der Waals surface area contributed by atoms with Crippen LogP contribution in [0.5, 0.6) is 11.5 Å². The van der Waals surface area contributed by atoms with E-state index in [4.69, 9.17) is 21.5 Å². The molecule has 0 bridgehead atoms. The number of carbonyl (C=O) groups is 2. The Balaban J connectivity index is 1.45. The Labute approximate surface area is 227 Å². The van der Waals surface area contributed by atoms with E-state index < -0.39 is 22.8 Å². The van der Waals surface area contributed by atoms with Gasteiger partial charge in [-0.05, 0) is 67.9 Å². The summed E-state index contributed by atoms with van der Waals surface area (Å²) in [7, 11) is 0. The first-order valence-corrected chi connectivity index (χ1v) is 12.3. The minimum atomic E-state index is -4.64. The summed E-state index contributed by atoms with van der Waals surface area (Å²) in [6.07, 6.45) is -0.306. The van der Waals surface area contributed by atoms with Gasteiger partial charge in [0, 0.05) is 36.6 Å². The summed E-state index contributed by atoms with van der Waals surface area (Å²) in [5.41, 5.74) is 1.69. The lowest BCUT2D eigenvalue weighted by molar-refractivity contribution is -0.137. The van der Waals surface area contributed by atoms with Crippen molar-refractivity contribution in [3.8, 4) is 11.5 Å². The second-order valence-electron chi connectivity index (χ2n) is 8.40. The minimum absolute atomic E-state index is 0.0563. The number of carbonyl (C=O) groups excluding carboxylic acids is 2. The smallest absolute Gasteiger partial charge is 0.417 e. The maximum Gasteiger partial charge on any atom is 0.417 e. The summed E-state index contributed by atoms with van der Waals surface area (Å²) < 4.78 is 44.9. The van der Waals surface area contributed by atoms with Crippen molar-refractivity contribution in [1.82, 2.24) is 15.8 Å². The van der Waals surface area contributed by atoms with Crippen molar-refractivity contribution in [3.05, 3.63) is 77.1 Å². The van der Waals surface area contributed by atoms with E-state index in [-0.39, 0.29) is 18.0 Å². The van der Waals surface area contributed by atoms with Crippen LogP contribution in [0, 0.1) is 0 Å². The number of halogens is 4. The van der Waals surface area contributed by atoms with Crippen molar-refractivity contribution >= 4 is 34.9 Å². The van der Waals surface area contributed by atoms with Crippen molar-refractivity contribution in [2.75, 3.05) is 17.2 Å². The number of pyridine rings is 1. The van der Waals surface area contributed by atoms with Gasteiger partial charge in [0.05, 0.1) is 16.3 Å². The summed E-state index contributed by atoms with van der Waals surface area (Å²) in [6, 6.07) is 12.3. The summed E-state index contributed by atoms with van der Waals surface area (Å²) >= 11 is 5.60. The van der Waals surface area contributed by atoms with E-state index in [2.05, 4.69) is 20.9 Å². The first-order valence-electron chi connectivity index (χ1n) is 12.0. The minimum Gasteiger partial charge on any atom is -0.457 e. The SMILES string of the molecule is O=C(CCCCCNCc1cc(Oc2ccc(NC(=O)Nc3ccc(Cl)c(C(F)(F)F)c3)cc2)ccn1)NO. The van der Waals surface area contributed by atoms with Crippen molar-refractivity contribution in [2.24, 2.45) is 0 Å². The molecule has 39 heavy (non-hydrogen) atoms. The van der Waals surface area contributed by atoms with Crippen molar-refractivity contribution < 1.29 is 32.7 Å². The van der Waals surface area contributed by atoms with Gasteiger partial charge >= 0.3 is 12.2 Å². The van der Waals surface area contributed by atoms with Crippen LogP contribution in [-0.2, 0) is 17.5 Å². The maximum absolute atomic E-state index is 13.0. The summed E-state index contributed by atoms with van der Waals surface area (Å²) in [5, 5.41) is 16.2. The van der Waals surface area contributed by atoms with E-state index in [0.717, 1.165) is 37.2 Å². The molecule has 5 N–H and O–H groups in total. The molecule has 0 aliphatic carbocycles. The average molecular weight is 566 g/mol. The number of nitrogens with zero attached hydrogens (tertiary/aromatic N) is 1. The van der Waals surface area contributed by atoms with E-state index >= 15 is 0 Å². The first-order chi connectivity index (χ1) is 18.6. The monoisotopic (exact) mass is 565 g/mol. The average Bonchev–Trinajstić information content (AvgIpc) is 2.89. The number of ether oxygens (including phenoxy) is 1. The molecule has 3 rings (SSSR count). The van der Waals surface area contributed by atoms with Crippen molar-refractivity contribution in [1.29, 1.82) is 0 Å². The van der Waals surface area contributed by atoms with Crippen LogP contribution in [-0.4, -0.2) is 28.7 Å². The highest BCUT2D eigenvalue weighted by Crippen LogP contribution is 2.36. The largest absolute Gasteiger partial charge is 0.457 e. The van der Waals surface area contributed by atoms with Crippen LogP contribution in [0.4, 0.5) is 29.3 Å². The lowest BCUT2D eigenvalue weighted by atomic mass is 10.2. The standard InChI is InChI=1S/C26H27ClF3N5O4/c27-23-10-7-18(15-22(23)26(28,29)30)34-25(37)33-17-5-8-20(9-6-17)39-21-11-13-32-19(14-21)16-31-12-3-1-2-4-24(36)35-38/h5-11,13-15,31,38H,1-4,12,16H2,(H,35,36)(H2,33,34,37). The number of nitrogens with one attached hydrogen (secondary N) is 4. The molecule has 1 aromatic heterocycles. The number of benzene rings is 2. The summed E-state index contributed by atoms with van der Waals surface area (Å²) in [4.78, 5) is 27.5. The van der Waals surface area contributed by atoms with E-state index in [0.29, 0.717) is 30.2 Å². The Hall–Kier alpha value is -3.87. The molecule has 3 aromatic rings. The molecule has 13 heteroatoms. The molecule has 0 aliphatic heterocycles. The molecule has 2 aromatic carbocycles. The molecular formula is C26H27ClF3N5O4. The van der Waals surface area contributed by atoms with Crippen LogP contribution in [0.2, 0.25) is 5.02 Å². The highest BCUT2D eigenvalue weighted by molar-refractivity contribution is 6.31. The number of amides is 3. The number of urea groups is 1. The van der Waals surface area contributed by atoms with E-state index in [1.165, 1.54) is 6.07 Å². The molecule has 0 atom stereocenters. The fraction of sp³-hybridized carbons (Fsp3) is 0.269. The van der Waals surface area contributed by atoms with Crippen molar-refractivity contribution in [3.63, 3.8) is 0 Å². The Bertz CT molecular complexity index is 1260. The normalized spacial score (nSPS) is 11.1. The van der Waals surface area contributed by atoms with Gasteiger partial charge in [-0.25, -0.2) is 10.3 Å². The third-order valence-corrected chi connectivity index (χ3v) is 5.68. The lowest BCUT2D eigenvalue weighted by Crippen LogP contribution is -2.19. The van der Waals surface area contributed by atoms with Gasteiger partial charge < -0.3 is 20.7 Å². The molecule has 0 aliphatic rings. The van der Waals surface area contributed by atoms with E-state index in [1.54, 1.807) is 48.1 Å². The number of rotatable bonds is 12. The molecule has 0 saturated carbocycles. The van der Waals surface area contributed by atoms with Gasteiger partial charge in [0.25, 0.3) is 0 Å². The fourth-order valence-electron chi connectivity index (χ4n) is 3.46. The third kappa shape index (κ3) is 10.1. The Kier molecular flexibility index (Phi) is 10.9. The number of hydrogen-bond acceptors (Lipinski definition) is 6. The van der Waals surface area contributed by atoms with Gasteiger partial charge in [-0.3, -0.25) is 15.0 Å². The third-order valence-electron chi connectivity index (χ3n) is 5.35. The molecule has 0 fully saturated rings. The lowest BCUT2D eigenvalue weighted by Gasteiger charge is -2.13. The Morgan fingerprint density at radius 2 is 1.64 bits per heavy atom. The topological polar surface area (TPSA) is 125 Å². The summed E-state index contributed by atoms with van der Waals surface area (Å²) in [6.45, 7) is 1.28.